The smallest absolute Gasteiger partial charge is 0.225 e. The molecule has 5 heteroatoms. The van der Waals surface area contributed by atoms with Crippen molar-refractivity contribution in [3.8, 4) is 0 Å². The van der Waals surface area contributed by atoms with Crippen molar-refractivity contribution < 1.29 is 0 Å². The summed E-state index contributed by atoms with van der Waals surface area (Å²) < 4.78 is 0. The fourth-order valence-electron chi connectivity index (χ4n) is 3.63. The van der Waals surface area contributed by atoms with Crippen molar-refractivity contribution in [2.45, 2.75) is 32.4 Å². The molecule has 1 fully saturated rings. The summed E-state index contributed by atoms with van der Waals surface area (Å²) in [6.07, 6.45) is 2.21. The van der Waals surface area contributed by atoms with Crippen LogP contribution in [0.15, 0.2) is 66.7 Å². The molecule has 0 atom stereocenters. The van der Waals surface area contributed by atoms with Gasteiger partial charge >= 0.3 is 0 Å². The molecule has 2 heterocycles. The molecule has 5 nitrogen and oxygen atoms in total. The Morgan fingerprint density at radius 1 is 0.929 bits per heavy atom. The molecule has 28 heavy (non-hydrogen) atoms. The maximum atomic E-state index is 4.66. The number of para-hydroxylation sites is 1. The normalized spacial score (nSPS) is 15.3. The quantitative estimate of drug-likeness (QED) is 0.661. The summed E-state index contributed by atoms with van der Waals surface area (Å²) in [6, 6.07) is 23.2. The Balaban J connectivity index is 1.33. The van der Waals surface area contributed by atoms with E-state index in [1.165, 1.54) is 5.56 Å². The summed E-state index contributed by atoms with van der Waals surface area (Å²) in [7, 11) is 0. The van der Waals surface area contributed by atoms with Gasteiger partial charge in [-0.1, -0.05) is 48.5 Å². The van der Waals surface area contributed by atoms with E-state index in [0.717, 1.165) is 49.7 Å². The molecule has 0 bridgehead atoms. The third kappa shape index (κ3) is 5.08. The van der Waals surface area contributed by atoms with Crippen LogP contribution in [0.3, 0.4) is 0 Å². The second-order valence-electron chi connectivity index (χ2n) is 7.39. The molecule has 4 rings (SSSR count). The Bertz CT molecular complexity index is 874. The lowest BCUT2D eigenvalue weighted by molar-refractivity contribution is 0.211. The van der Waals surface area contributed by atoms with E-state index in [0.29, 0.717) is 12.0 Å². The van der Waals surface area contributed by atoms with Gasteiger partial charge in [0.05, 0.1) is 0 Å². The summed E-state index contributed by atoms with van der Waals surface area (Å²) in [5.41, 5.74) is 3.37. The maximum Gasteiger partial charge on any atom is 0.225 e. The molecule has 0 saturated carbocycles. The number of likely N-dealkylation sites (tertiary alicyclic amines) is 1. The van der Waals surface area contributed by atoms with Crippen molar-refractivity contribution in [3.63, 3.8) is 0 Å². The van der Waals surface area contributed by atoms with Crippen molar-refractivity contribution in [1.82, 2.24) is 14.9 Å². The van der Waals surface area contributed by atoms with Crippen molar-refractivity contribution in [3.05, 3.63) is 78.0 Å². The SMILES string of the molecule is Cc1cc(Nc2ccccc2)nc(NC2CCN(Cc3ccccc3)CC2)n1. The molecular weight excluding hydrogens is 346 g/mol. The molecule has 0 spiro atoms. The number of benzene rings is 2. The van der Waals surface area contributed by atoms with E-state index in [1.54, 1.807) is 0 Å². The Kier molecular flexibility index (Phi) is 5.83. The summed E-state index contributed by atoms with van der Waals surface area (Å²) in [5.74, 6) is 1.53. The molecule has 0 unspecified atom stereocenters. The molecule has 0 radical (unpaired) electrons. The Morgan fingerprint density at radius 3 is 2.32 bits per heavy atom. The number of aryl methyl sites for hydroxylation is 1. The molecule has 3 aromatic rings. The lowest BCUT2D eigenvalue weighted by atomic mass is 10.0. The van der Waals surface area contributed by atoms with Crippen molar-refractivity contribution in [2.75, 3.05) is 23.7 Å². The van der Waals surface area contributed by atoms with Crippen LogP contribution in [0.4, 0.5) is 17.5 Å². The van der Waals surface area contributed by atoms with Gasteiger partial charge in [-0.05, 0) is 37.5 Å². The topological polar surface area (TPSA) is 53.1 Å². The fraction of sp³-hybridized carbons (Fsp3) is 0.304. The molecule has 2 N–H and O–H groups in total. The largest absolute Gasteiger partial charge is 0.351 e. The molecule has 1 saturated heterocycles. The van der Waals surface area contributed by atoms with Gasteiger partial charge < -0.3 is 10.6 Å². The highest BCUT2D eigenvalue weighted by atomic mass is 15.2. The number of nitrogens with zero attached hydrogens (tertiary/aromatic N) is 3. The minimum Gasteiger partial charge on any atom is -0.351 e. The second kappa shape index (κ2) is 8.85. The highest BCUT2D eigenvalue weighted by Gasteiger charge is 2.20. The van der Waals surface area contributed by atoms with Crippen LogP contribution >= 0.6 is 0 Å². The van der Waals surface area contributed by atoms with Gasteiger partial charge in [0, 0.05) is 43.1 Å². The van der Waals surface area contributed by atoms with Gasteiger partial charge in [0.25, 0.3) is 0 Å². The monoisotopic (exact) mass is 373 g/mol. The molecule has 1 aromatic heterocycles. The number of hydrogen-bond acceptors (Lipinski definition) is 5. The van der Waals surface area contributed by atoms with Crippen molar-refractivity contribution in [2.24, 2.45) is 0 Å². The third-order valence-electron chi connectivity index (χ3n) is 5.07. The standard InChI is InChI=1S/C23H27N5/c1-18-16-22(25-20-10-6-3-7-11-20)27-23(24-18)26-21-12-14-28(15-13-21)17-19-8-4-2-5-9-19/h2-11,16,21H,12-15,17H2,1H3,(H2,24,25,26,27). The Hall–Kier alpha value is -2.92. The second-order valence-corrected chi connectivity index (χ2v) is 7.39. The zero-order chi connectivity index (χ0) is 19.2. The van der Waals surface area contributed by atoms with Crippen LogP contribution < -0.4 is 10.6 Å². The minimum absolute atomic E-state index is 0.415. The molecule has 144 valence electrons. The Morgan fingerprint density at radius 2 is 1.61 bits per heavy atom. The van der Waals surface area contributed by atoms with Gasteiger partial charge in [0.15, 0.2) is 0 Å². The van der Waals surface area contributed by atoms with Crippen LogP contribution in [0.25, 0.3) is 0 Å². The summed E-state index contributed by atoms with van der Waals surface area (Å²) in [6.45, 7) is 5.21. The summed E-state index contributed by atoms with van der Waals surface area (Å²) in [5, 5.41) is 6.90. The van der Waals surface area contributed by atoms with Crippen LogP contribution in [0, 0.1) is 6.92 Å². The predicted octanol–water partition coefficient (Wildman–Crippen LogP) is 4.61. The van der Waals surface area contributed by atoms with Gasteiger partial charge in [0.1, 0.15) is 5.82 Å². The summed E-state index contributed by atoms with van der Waals surface area (Å²) in [4.78, 5) is 11.8. The van der Waals surface area contributed by atoms with Crippen molar-refractivity contribution >= 4 is 17.5 Å². The number of nitrogens with one attached hydrogen (secondary N) is 2. The first-order chi connectivity index (χ1) is 13.7. The predicted molar refractivity (Wildman–Crippen MR) is 115 cm³/mol. The molecule has 2 aromatic carbocycles. The Labute approximate surface area is 166 Å². The van der Waals surface area contributed by atoms with E-state index in [1.807, 2.05) is 43.3 Å². The van der Waals surface area contributed by atoms with Crippen molar-refractivity contribution in [1.29, 1.82) is 0 Å². The fourth-order valence-corrected chi connectivity index (χ4v) is 3.63. The van der Waals surface area contributed by atoms with E-state index >= 15 is 0 Å². The van der Waals surface area contributed by atoms with E-state index in [4.69, 9.17) is 0 Å². The van der Waals surface area contributed by atoms with E-state index in [-0.39, 0.29) is 0 Å². The maximum absolute atomic E-state index is 4.66. The van der Waals surface area contributed by atoms with Gasteiger partial charge in [0.2, 0.25) is 5.95 Å². The number of hydrogen-bond donors (Lipinski definition) is 2. The van der Waals surface area contributed by atoms with Gasteiger partial charge in [-0.3, -0.25) is 4.90 Å². The van der Waals surface area contributed by atoms with Crippen LogP contribution in [0.2, 0.25) is 0 Å². The lowest BCUT2D eigenvalue weighted by Gasteiger charge is -2.32. The van der Waals surface area contributed by atoms with E-state index in [9.17, 15) is 0 Å². The average Bonchev–Trinajstić information content (AvgIpc) is 2.71. The molecule has 0 amide bonds. The zero-order valence-electron chi connectivity index (χ0n) is 16.3. The third-order valence-corrected chi connectivity index (χ3v) is 5.07. The lowest BCUT2D eigenvalue weighted by Crippen LogP contribution is -2.39. The first-order valence-corrected chi connectivity index (χ1v) is 9.95. The zero-order valence-corrected chi connectivity index (χ0v) is 16.3. The first kappa shape index (κ1) is 18.4. The number of rotatable bonds is 6. The van der Waals surface area contributed by atoms with Crippen LogP contribution in [0.5, 0.6) is 0 Å². The highest BCUT2D eigenvalue weighted by Crippen LogP contribution is 2.20. The molecule has 1 aliphatic heterocycles. The van der Waals surface area contributed by atoms with Gasteiger partial charge in [-0.2, -0.15) is 4.98 Å². The number of anilines is 3. The number of piperidine rings is 1. The molecule has 1 aliphatic rings. The highest BCUT2D eigenvalue weighted by molar-refractivity contribution is 5.57. The minimum atomic E-state index is 0.415. The van der Waals surface area contributed by atoms with Gasteiger partial charge in [-0.15, -0.1) is 0 Å². The molecular formula is C23H27N5. The molecule has 0 aliphatic carbocycles. The summed E-state index contributed by atoms with van der Waals surface area (Å²) >= 11 is 0. The van der Waals surface area contributed by atoms with Crippen LogP contribution in [-0.4, -0.2) is 34.0 Å². The van der Waals surface area contributed by atoms with Crippen LogP contribution in [-0.2, 0) is 6.54 Å². The average molecular weight is 374 g/mol. The van der Waals surface area contributed by atoms with E-state index < -0.39 is 0 Å². The first-order valence-electron chi connectivity index (χ1n) is 9.95. The van der Waals surface area contributed by atoms with E-state index in [2.05, 4.69) is 55.8 Å². The number of aromatic nitrogens is 2. The van der Waals surface area contributed by atoms with Crippen LogP contribution in [0.1, 0.15) is 24.1 Å². The van der Waals surface area contributed by atoms with Gasteiger partial charge in [-0.25, -0.2) is 4.98 Å².